The van der Waals surface area contributed by atoms with Gasteiger partial charge in [-0.2, -0.15) is 0 Å². The zero-order valence-corrected chi connectivity index (χ0v) is 20.3. The summed E-state index contributed by atoms with van der Waals surface area (Å²) < 4.78 is 11.4. The van der Waals surface area contributed by atoms with Gasteiger partial charge in [-0.05, 0) is 66.6 Å². The van der Waals surface area contributed by atoms with Gasteiger partial charge >= 0.3 is 6.09 Å². The van der Waals surface area contributed by atoms with Crippen molar-refractivity contribution in [2.24, 2.45) is 5.92 Å². The highest BCUT2D eigenvalue weighted by Gasteiger charge is 2.36. The van der Waals surface area contributed by atoms with Gasteiger partial charge < -0.3 is 24.7 Å². The van der Waals surface area contributed by atoms with Crippen LogP contribution in [0.4, 0.5) is 4.79 Å². The SMILES string of the molecule is O=C(OCC1CCCC1)N1CCc2c([nH]c3ccc(Cl)cc23)[C@@H]1c1ccc(OC[C@@H](O)CO)cc1. The van der Waals surface area contributed by atoms with Crippen molar-refractivity contribution in [2.75, 3.05) is 26.4 Å². The van der Waals surface area contributed by atoms with Gasteiger partial charge in [0.1, 0.15) is 24.5 Å². The monoisotopic (exact) mass is 498 g/mol. The molecule has 1 aliphatic carbocycles. The minimum Gasteiger partial charge on any atom is -0.491 e. The highest BCUT2D eigenvalue weighted by Crippen LogP contribution is 2.40. The number of aromatic nitrogens is 1. The molecule has 1 fully saturated rings. The Morgan fingerprint density at radius 1 is 1.17 bits per heavy atom. The predicted octanol–water partition coefficient (Wildman–Crippen LogP) is 4.83. The van der Waals surface area contributed by atoms with Crippen LogP contribution in [0.25, 0.3) is 10.9 Å². The first-order valence-corrected chi connectivity index (χ1v) is 12.7. The van der Waals surface area contributed by atoms with Crippen molar-refractivity contribution in [3.05, 3.63) is 64.3 Å². The first kappa shape index (κ1) is 24.0. The average Bonchev–Trinajstić information content (AvgIpc) is 3.53. The number of carbonyl (C=O) groups excluding carboxylic acids is 1. The first-order valence-electron chi connectivity index (χ1n) is 12.3. The molecule has 3 aromatic rings. The summed E-state index contributed by atoms with van der Waals surface area (Å²) in [5.74, 6) is 1.04. The molecule has 0 saturated heterocycles. The molecular weight excluding hydrogens is 468 g/mol. The van der Waals surface area contributed by atoms with Crippen LogP contribution in [-0.4, -0.2) is 58.7 Å². The number of aliphatic hydroxyl groups excluding tert-OH is 2. The summed E-state index contributed by atoms with van der Waals surface area (Å²) in [5.41, 5.74) is 4.05. The highest BCUT2D eigenvalue weighted by molar-refractivity contribution is 6.31. The van der Waals surface area contributed by atoms with Gasteiger partial charge in [0.2, 0.25) is 0 Å². The van der Waals surface area contributed by atoms with Gasteiger partial charge in [0.15, 0.2) is 0 Å². The number of aliphatic hydroxyl groups is 2. The summed E-state index contributed by atoms with van der Waals surface area (Å²) in [5, 5.41) is 20.3. The molecule has 2 atom stereocenters. The molecule has 5 rings (SSSR count). The van der Waals surface area contributed by atoms with Crippen molar-refractivity contribution in [3.8, 4) is 5.75 Å². The zero-order valence-electron chi connectivity index (χ0n) is 19.6. The number of carbonyl (C=O) groups is 1. The molecule has 2 heterocycles. The number of nitrogens with zero attached hydrogens (tertiary/aromatic N) is 1. The smallest absolute Gasteiger partial charge is 0.410 e. The fraction of sp³-hybridized carbons (Fsp3) is 0.444. The van der Waals surface area contributed by atoms with E-state index in [1.54, 1.807) is 4.90 Å². The highest BCUT2D eigenvalue weighted by atomic mass is 35.5. The number of nitrogens with one attached hydrogen (secondary N) is 1. The van der Waals surface area contributed by atoms with E-state index in [2.05, 4.69) is 4.98 Å². The molecule has 8 heteroatoms. The Labute approximate surface area is 209 Å². The topological polar surface area (TPSA) is 95.0 Å². The van der Waals surface area contributed by atoms with Crippen LogP contribution >= 0.6 is 11.6 Å². The van der Waals surface area contributed by atoms with Crippen molar-refractivity contribution in [3.63, 3.8) is 0 Å². The molecule has 1 aromatic heterocycles. The second-order valence-electron chi connectivity index (χ2n) is 9.50. The van der Waals surface area contributed by atoms with Crippen LogP contribution in [0.5, 0.6) is 5.75 Å². The molecule has 7 nitrogen and oxygen atoms in total. The maximum absolute atomic E-state index is 13.3. The molecule has 0 unspecified atom stereocenters. The number of benzene rings is 2. The Morgan fingerprint density at radius 2 is 1.94 bits per heavy atom. The lowest BCUT2D eigenvalue weighted by atomic mass is 9.92. The van der Waals surface area contributed by atoms with Crippen molar-refractivity contribution >= 4 is 28.6 Å². The number of amides is 1. The lowest BCUT2D eigenvalue weighted by Gasteiger charge is -2.35. The largest absolute Gasteiger partial charge is 0.491 e. The summed E-state index contributed by atoms with van der Waals surface area (Å²) in [6.45, 7) is 0.663. The zero-order chi connectivity index (χ0) is 24.4. The molecule has 0 spiro atoms. The quantitative estimate of drug-likeness (QED) is 0.434. The Hall–Kier alpha value is -2.74. The molecule has 2 aromatic carbocycles. The van der Waals surface area contributed by atoms with Crippen LogP contribution in [0.15, 0.2) is 42.5 Å². The Bertz CT molecular complexity index is 1170. The lowest BCUT2D eigenvalue weighted by molar-refractivity contribution is 0.0536. The van der Waals surface area contributed by atoms with E-state index in [4.69, 9.17) is 26.2 Å². The van der Waals surface area contributed by atoms with Crippen LogP contribution in [0.2, 0.25) is 5.02 Å². The Morgan fingerprint density at radius 3 is 2.69 bits per heavy atom. The lowest BCUT2D eigenvalue weighted by Crippen LogP contribution is -2.41. The number of halogens is 1. The third kappa shape index (κ3) is 5.13. The van der Waals surface area contributed by atoms with Crippen LogP contribution in [-0.2, 0) is 11.2 Å². The van der Waals surface area contributed by atoms with Gasteiger partial charge in [-0.1, -0.05) is 36.6 Å². The minimum atomic E-state index is -0.932. The molecule has 0 radical (unpaired) electrons. The van der Waals surface area contributed by atoms with Crippen molar-refractivity contribution < 1.29 is 24.5 Å². The molecule has 0 bridgehead atoms. The number of hydrogen-bond donors (Lipinski definition) is 3. The van der Waals surface area contributed by atoms with Crippen LogP contribution in [0.3, 0.4) is 0 Å². The van der Waals surface area contributed by atoms with Crippen LogP contribution in [0.1, 0.15) is 48.5 Å². The van der Waals surface area contributed by atoms with E-state index >= 15 is 0 Å². The molecule has 1 aliphatic heterocycles. The van der Waals surface area contributed by atoms with E-state index in [0.717, 1.165) is 35.0 Å². The maximum Gasteiger partial charge on any atom is 0.410 e. The van der Waals surface area contributed by atoms with Gasteiger partial charge in [0.25, 0.3) is 0 Å². The summed E-state index contributed by atoms with van der Waals surface area (Å²) >= 11 is 6.29. The summed E-state index contributed by atoms with van der Waals surface area (Å²) in [4.78, 5) is 18.6. The number of rotatable bonds is 7. The molecular formula is C27H31ClN2O5. The molecule has 1 amide bonds. The van der Waals surface area contributed by atoms with Crippen LogP contribution < -0.4 is 4.74 Å². The van der Waals surface area contributed by atoms with E-state index in [-0.39, 0.29) is 25.3 Å². The summed E-state index contributed by atoms with van der Waals surface area (Å²) in [7, 11) is 0. The number of H-pyrrole nitrogens is 1. The number of hydrogen-bond acceptors (Lipinski definition) is 5. The van der Waals surface area contributed by atoms with Crippen LogP contribution in [0, 0.1) is 5.92 Å². The van der Waals surface area contributed by atoms with Gasteiger partial charge in [-0.15, -0.1) is 0 Å². The fourth-order valence-electron chi connectivity index (χ4n) is 5.24. The van der Waals surface area contributed by atoms with E-state index < -0.39 is 6.10 Å². The minimum absolute atomic E-state index is 0.00577. The van der Waals surface area contributed by atoms with Crippen molar-refractivity contribution in [1.82, 2.24) is 9.88 Å². The van der Waals surface area contributed by atoms with Crippen molar-refractivity contribution in [2.45, 2.75) is 44.2 Å². The molecule has 35 heavy (non-hydrogen) atoms. The number of ether oxygens (including phenoxy) is 2. The standard InChI is InChI=1S/C27H31ClN2O5/c28-19-7-10-24-23(13-19)22-11-12-30(27(33)35-15-17-3-1-2-4-17)26(25(22)29-24)18-5-8-21(9-6-18)34-16-20(32)14-31/h5-10,13,17,20,26,29,31-32H,1-4,11-12,14-16H2/t20-,26-/m0/s1. The second kappa shape index (κ2) is 10.5. The van der Waals surface area contributed by atoms with Gasteiger partial charge in [-0.25, -0.2) is 4.79 Å². The Kier molecular flexibility index (Phi) is 7.18. The third-order valence-corrected chi connectivity index (χ3v) is 7.32. The van der Waals surface area contributed by atoms with E-state index in [0.29, 0.717) is 36.3 Å². The number of fused-ring (bicyclic) bond motifs is 3. The normalized spacial score (nSPS) is 19.1. The molecule has 3 N–H and O–H groups in total. The van der Waals surface area contributed by atoms with E-state index in [1.807, 2.05) is 42.5 Å². The number of aromatic amines is 1. The van der Waals surface area contributed by atoms with Gasteiger partial charge in [0, 0.05) is 28.2 Å². The average molecular weight is 499 g/mol. The first-order chi connectivity index (χ1) is 17.0. The van der Waals surface area contributed by atoms with Gasteiger partial charge in [0.05, 0.1) is 13.2 Å². The maximum atomic E-state index is 13.3. The Balaban J connectivity index is 1.44. The molecule has 186 valence electrons. The molecule has 2 aliphatic rings. The second-order valence-corrected chi connectivity index (χ2v) is 9.93. The van der Waals surface area contributed by atoms with E-state index in [9.17, 15) is 9.90 Å². The van der Waals surface area contributed by atoms with Gasteiger partial charge in [-0.3, -0.25) is 4.90 Å². The van der Waals surface area contributed by atoms with Crippen molar-refractivity contribution in [1.29, 1.82) is 0 Å². The van der Waals surface area contributed by atoms with E-state index in [1.165, 1.54) is 18.4 Å². The third-order valence-electron chi connectivity index (χ3n) is 7.09. The summed E-state index contributed by atoms with van der Waals surface area (Å²) in [6, 6.07) is 13.0. The summed E-state index contributed by atoms with van der Waals surface area (Å²) in [6.07, 6.45) is 4.14. The molecule has 1 saturated carbocycles. The fourth-order valence-corrected chi connectivity index (χ4v) is 5.42. The predicted molar refractivity (Wildman–Crippen MR) is 134 cm³/mol.